The molecule has 0 aliphatic rings. The molecule has 0 saturated heterocycles. The van der Waals surface area contributed by atoms with Gasteiger partial charge in [0.1, 0.15) is 24.7 Å². The lowest BCUT2D eigenvalue weighted by atomic mass is 10.0. The lowest BCUT2D eigenvalue weighted by molar-refractivity contribution is -0.145. The molecule has 0 unspecified atom stereocenters. The van der Waals surface area contributed by atoms with E-state index < -0.39 is 11.9 Å². The number of fused-ring (bicyclic) bond motifs is 2. The minimum absolute atomic E-state index is 0.115. The predicted molar refractivity (Wildman–Crippen MR) is 122 cm³/mol. The van der Waals surface area contributed by atoms with Crippen LogP contribution in [0.3, 0.4) is 0 Å². The van der Waals surface area contributed by atoms with Crippen molar-refractivity contribution in [3.8, 4) is 11.5 Å². The van der Waals surface area contributed by atoms with Gasteiger partial charge in [-0.25, -0.2) is 9.59 Å². The third-order valence-electron chi connectivity index (χ3n) is 4.28. The van der Waals surface area contributed by atoms with E-state index in [0.29, 0.717) is 11.5 Å². The van der Waals surface area contributed by atoms with Gasteiger partial charge in [-0.05, 0) is 18.2 Å². The van der Waals surface area contributed by atoms with Crippen LogP contribution in [0.2, 0.25) is 0 Å². The Kier molecular flexibility index (Phi) is 7.67. The summed E-state index contributed by atoms with van der Waals surface area (Å²) in [5.74, 6) is 0.0382. The molecule has 3 rings (SSSR count). The lowest BCUT2D eigenvalue weighted by Crippen LogP contribution is -2.16. The Morgan fingerprint density at radius 2 is 1.26 bits per heavy atom. The highest BCUT2D eigenvalue weighted by atomic mass is 79.9. The number of hydrogen-bond donors (Lipinski definition) is 0. The lowest BCUT2D eigenvalue weighted by Gasteiger charge is -2.17. The van der Waals surface area contributed by atoms with Gasteiger partial charge in [-0.2, -0.15) is 0 Å². The second-order valence-electron chi connectivity index (χ2n) is 6.41. The van der Waals surface area contributed by atoms with Crippen molar-refractivity contribution in [3.63, 3.8) is 0 Å². The molecule has 0 radical (unpaired) electrons. The Balaban J connectivity index is 2.04. The summed E-state index contributed by atoms with van der Waals surface area (Å²) in [6.45, 7) is 6.77. The molecular formula is C24H21BrO6. The summed E-state index contributed by atoms with van der Waals surface area (Å²) in [5.41, 5.74) is 0. The van der Waals surface area contributed by atoms with Crippen molar-refractivity contribution < 1.29 is 28.5 Å². The van der Waals surface area contributed by atoms with Gasteiger partial charge in [-0.1, -0.05) is 65.5 Å². The first kappa shape index (κ1) is 22.4. The van der Waals surface area contributed by atoms with Gasteiger partial charge in [0.25, 0.3) is 0 Å². The molecule has 0 heterocycles. The summed E-state index contributed by atoms with van der Waals surface area (Å²) in [7, 11) is 0. The maximum absolute atomic E-state index is 12.0. The van der Waals surface area contributed by atoms with Crippen molar-refractivity contribution in [2.75, 3.05) is 26.4 Å². The molecule has 0 aliphatic heterocycles. The number of ether oxygens (including phenoxy) is 4. The summed E-state index contributed by atoms with van der Waals surface area (Å²) in [4.78, 5) is 23.9. The normalized spacial score (nSPS) is 10.5. The first-order valence-electron chi connectivity index (χ1n) is 9.47. The van der Waals surface area contributed by atoms with Crippen molar-refractivity contribution >= 4 is 49.4 Å². The number of halogens is 1. The quantitative estimate of drug-likeness (QED) is 0.230. The van der Waals surface area contributed by atoms with E-state index in [9.17, 15) is 9.59 Å². The number of hydrogen-bond acceptors (Lipinski definition) is 6. The van der Waals surface area contributed by atoms with Crippen molar-refractivity contribution in [2.24, 2.45) is 0 Å². The standard InChI is InChI=1S/C24H21BrO6/c1-3-11-28-21(26)14-30-23-17-7-5-6-8-18(17)24(31-15-22(27)29-12-4-2)20-13-16(25)9-10-19(20)23/h3-10,13H,1-2,11-12,14-15H2. The van der Waals surface area contributed by atoms with E-state index in [0.717, 1.165) is 26.0 Å². The molecule has 3 aromatic carbocycles. The Morgan fingerprint density at radius 3 is 1.77 bits per heavy atom. The Morgan fingerprint density at radius 1 is 0.774 bits per heavy atom. The van der Waals surface area contributed by atoms with Crippen LogP contribution in [0.4, 0.5) is 0 Å². The summed E-state index contributed by atoms with van der Waals surface area (Å²) in [6.07, 6.45) is 2.98. The molecule has 0 N–H and O–H groups in total. The zero-order valence-corrected chi connectivity index (χ0v) is 18.4. The van der Waals surface area contributed by atoms with Crippen LogP contribution in [-0.2, 0) is 19.1 Å². The molecule has 7 heteroatoms. The van der Waals surface area contributed by atoms with Gasteiger partial charge in [0, 0.05) is 26.0 Å². The highest BCUT2D eigenvalue weighted by Gasteiger charge is 2.18. The second kappa shape index (κ2) is 10.6. The van der Waals surface area contributed by atoms with Gasteiger partial charge in [-0.15, -0.1) is 0 Å². The third kappa shape index (κ3) is 5.44. The largest absolute Gasteiger partial charge is 0.481 e. The molecule has 0 saturated carbocycles. The average molecular weight is 485 g/mol. The molecule has 0 atom stereocenters. The van der Waals surface area contributed by atoms with Crippen LogP contribution >= 0.6 is 15.9 Å². The van der Waals surface area contributed by atoms with Crippen LogP contribution in [0.5, 0.6) is 11.5 Å². The van der Waals surface area contributed by atoms with Crippen LogP contribution in [-0.4, -0.2) is 38.4 Å². The minimum Gasteiger partial charge on any atom is -0.481 e. The molecule has 6 nitrogen and oxygen atoms in total. The zero-order valence-electron chi connectivity index (χ0n) is 16.8. The smallest absolute Gasteiger partial charge is 0.344 e. The van der Waals surface area contributed by atoms with Crippen LogP contribution in [0, 0.1) is 0 Å². The Hall–Kier alpha value is -3.32. The molecule has 0 fully saturated rings. The molecule has 160 valence electrons. The second-order valence-corrected chi connectivity index (χ2v) is 7.33. The number of carbonyl (C=O) groups excluding carboxylic acids is 2. The molecule has 31 heavy (non-hydrogen) atoms. The topological polar surface area (TPSA) is 71.1 Å². The van der Waals surface area contributed by atoms with E-state index in [-0.39, 0.29) is 26.4 Å². The number of benzene rings is 3. The highest BCUT2D eigenvalue weighted by molar-refractivity contribution is 9.10. The summed E-state index contributed by atoms with van der Waals surface area (Å²) >= 11 is 3.48. The van der Waals surface area contributed by atoms with Gasteiger partial charge in [0.05, 0.1) is 0 Å². The van der Waals surface area contributed by atoms with E-state index in [1.165, 1.54) is 12.2 Å². The molecule has 0 amide bonds. The van der Waals surface area contributed by atoms with Gasteiger partial charge < -0.3 is 18.9 Å². The molecular weight excluding hydrogens is 464 g/mol. The summed E-state index contributed by atoms with van der Waals surface area (Å²) in [6, 6.07) is 13.0. The molecule has 0 aromatic heterocycles. The third-order valence-corrected chi connectivity index (χ3v) is 4.77. The van der Waals surface area contributed by atoms with Gasteiger partial charge in [-0.3, -0.25) is 0 Å². The van der Waals surface area contributed by atoms with E-state index in [2.05, 4.69) is 29.1 Å². The van der Waals surface area contributed by atoms with Gasteiger partial charge in [0.2, 0.25) is 0 Å². The fraction of sp³-hybridized carbons (Fsp3) is 0.167. The van der Waals surface area contributed by atoms with E-state index in [1.807, 2.05) is 42.5 Å². The first-order chi connectivity index (χ1) is 15.0. The highest BCUT2D eigenvalue weighted by Crippen LogP contribution is 2.43. The minimum atomic E-state index is -0.502. The van der Waals surface area contributed by atoms with Crippen molar-refractivity contribution in [1.29, 1.82) is 0 Å². The first-order valence-corrected chi connectivity index (χ1v) is 10.3. The predicted octanol–water partition coefficient (Wildman–Crippen LogP) is 4.97. The molecule has 0 spiro atoms. The fourth-order valence-electron chi connectivity index (χ4n) is 3.03. The van der Waals surface area contributed by atoms with Crippen molar-refractivity contribution in [3.05, 3.63) is 72.2 Å². The van der Waals surface area contributed by atoms with Crippen LogP contribution in [0.15, 0.2) is 72.2 Å². The fourth-order valence-corrected chi connectivity index (χ4v) is 3.39. The molecule has 3 aromatic rings. The average Bonchev–Trinajstić information content (AvgIpc) is 2.78. The maximum atomic E-state index is 12.0. The molecule has 0 aliphatic carbocycles. The summed E-state index contributed by atoms with van der Waals surface area (Å²) in [5, 5.41) is 2.93. The number of rotatable bonds is 10. The maximum Gasteiger partial charge on any atom is 0.344 e. The Labute approximate surface area is 188 Å². The SMILES string of the molecule is C=CCOC(=O)COc1c2ccccc2c(OCC(=O)OCC=C)c2cc(Br)ccc12. The molecule has 0 bridgehead atoms. The van der Waals surface area contributed by atoms with Gasteiger partial charge in [0.15, 0.2) is 13.2 Å². The zero-order chi connectivity index (χ0) is 22.2. The summed E-state index contributed by atoms with van der Waals surface area (Å²) < 4.78 is 22.6. The van der Waals surface area contributed by atoms with Gasteiger partial charge >= 0.3 is 11.9 Å². The van der Waals surface area contributed by atoms with E-state index in [1.54, 1.807) is 0 Å². The van der Waals surface area contributed by atoms with Crippen molar-refractivity contribution in [2.45, 2.75) is 0 Å². The van der Waals surface area contributed by atoms with Crippen LogP contribution in [0.1, 0.15) is 0 Å². The Bertz CT molecular complexity index is 1140. The van der Waals surface area contributed by atoms with E-state index >= 15 is 0 Å². The van der Waals surface area contributed by atoms with Crippen molar-refractivity contribution in [1.82, 2.24) is 0 Å². The van der Waals surface area contributed by atoms with Crippen LogP contribution < -0.4 is 9.47 Å². The number of carbonyl (C=O) groups is 2. The van der Waals surface area contributed by atoms with E-state index in [4.69, 9.17) is 18.9 Å². The van der Waals surface area contributed by atoms with Crippen LogP contribution in [0.25, 0.3) is 21.5 Å². The monoisotopic (exact) mass is 484 g/mol. The number of esters is 2.